The van der Waals surface area contributed by atoms with Crippen molar-refractivity contribution < 1.29 is 19.1 Å². The van der Waals surface area contributed by atoms with Crippen molar-refractivity contribution in [2.24, 2.45) is 0 Å². The molecule has 1 heterocycles. The van der Waals surface area contributed by atoms with E-state index >= 15 is 0 Å². The van der Waals surface area contributed by atoms with Crippen molar-refractivity contribution in [1.29, 1.82) is 0 Å². The predicted octanol–water partition coefficient (Wildman–Crippen LogP) is 4.00. The smallest absolute Gasteiger partial charge is 0.412 e. The Bertz CT molecular complexity index is 865. The second kappa shape index (κ2) is 9.07. The molecule has 0 unspecified atom stereocenters. The van der Waals surface area contributed by atoms with Crippen molar-refractivity contribution in [2.75, 3.05) is 43.5 Å². The molecular formula is C23H29N3O4. The van der Waals surface area contributed by atoms with Crippen molar-refractivity contribution in [3.05, 3.63) is 54.1 Å². The Morgan fingerprint density at radius 2 is 1.50 bits per heavy atom. The first kappa shape index (κ1) is 21.5. The van der Waals surface area contributed by atoms with Gasteiger partial charge in [-0.3, -0.25) is 10.1 Å². The number of hydrogen-bond acceptors (Lipinski definition) is 5. The summed E-state index contributed by atoms with van der Waals surface area (Å²) in [6.45, 7) is 8.28. The Morgan fingerprint density at radius 3 is 2.03 bits per heavy atom. The van der Waals surface area contributed by atoms with E-state index in [1.54, 1.807) is 31.4 Å². The highest BCUT2D eigenvalue weighted by Crippen LogP contribution is 2.21. The molecule has 0 aliphatic carbocycles. The van der Waals surface area contributed by atoms with Crippen LogP contribution in [0.15, 0.2) is 48.5 Å². The number of benzene rings is 2. The lowest BCUT2D eigenvalue weighted by Gasteiger charge is -2.36. The van der Waals surface area contributed by atoms with Crippen molar-refractivity contribution in [1.82, 2.24) is 4.90 Å². The van der Waals surface area contributed by atoms with Gasteiger partial charge in [0.2, 0.25) is 0 Å². The zero-order valence-corrected chi connectivity index (χ0v) is 18.0. The summed E-state index contributed by atoms with van der Waals surface area (Å²) < 4.78 is 10.4. The summed E-state index contributed by atoms with van der Waals surface area (Å²) in [6, 6.07) is 14.8. The summed E-state index contributed by atoms with van der Waals surface area (Å²) >= 11 is 0. The highest BCUT2D eigenvalue weighted by Gasteiger charge is 2.22. The Labute approximate surface area is 177 Å². The number of anilines is 2. The predicted molar refractivity (Wildman–Crippen MR) is 117 cm³/mol. The zero-order valence-electron chi connectivity index (χ0n) is 18.0. The van der Waals surface area contributed by atoms with Gasteiger partial charge in [-0.15, -0.1) is 0 Å². The van der Waals surface area contributed by atoms with E-state index in [0.717, 1.165) is 24.5 Å². The third kappa shape index (κ3) is 5.65. The number of amides is 2. The summed E-state index contributed by atoms with van der Waals surface area (Å²) in [5.74, 6) is 0.824. The molecule has 7 heteroatoms. The average molecular weight is 412 g/mol. The normalized spacial score (nSPS) is 14.3. The molecule has 0 atom stereocenters. The molecular weight excluding hydrogens is 382 g/mol. The van der Waals surface area contributed by atoms with Crippen LogP contribution >= 0.6 is 0 Å². The number of methoxy groups -OCH3 is 1. The van der Waals surface area contributed by atoms with Gasteiger partial charge in [-0.25, -0.2) is 4.79 Å². The monoisotopic (exact) mass is 411 g/mol. The molecule has 3 rings (SSSR count). The largest absolute Gasteiger partial charge is 0.497 e. The summed E-state index contributed by atoms with van der Waals surface area (Å²) in [5, 5.41) is 2.67. The molecule has 1 aliphatic heterocycles. The molecule has 0 radical (unpaired) electrons. The van der Waals surface area contributed by atoms with E-state index in [4.69, 9.17) is 9.47 Å². The van der Waals surface area contributed by atoms with Gasteiger partial charge < -0.3 is 19.3 Å². The van der Waals surface area contributed by atoms with Crippen LogP contribution < -0.4 is 15.0 Å². The van der Waals surface area contributed by atoms with Crippen LogP contribution in [0.5, 0.6) is 5.75 Å². The van der Waals surface area contributed by atoms with Crippen LogP contribution in [0.3, 0.4) is 0 Å². The van der Waals surface area contributed by atoms with Gasteiger partial charge in [0.15, 0.2) is 0 Å². The van der Waals surface area contributed by atoms with Gasteiger partial charge in [0.25, 0.3) is 5.91 Å². The van der Waals surface area contributed by atoms with Crippen molar-refractivity contribution in [3.63, 3.8) is 0 Å². The number of nitrogens with one attached hydrogen (secondary N) is 1. The molecule has 30 heavy (non-hydrogen) atoms. The van der Waals surface area contributed by atoms with Gasteiger partial charge >= 0.3 is 6.09 Å². The van der Waals surface area contributed by atoms with Crippen LogP contribution in [0.1, 0.15) is 31.1 Å². The molecule has 1 fully saturated rings. The summed E-state index contributed by atoms with van der Waals surface area (Å²) in [5.41, 5.74) is 1.75. The molecule has 7 nitrogen and oxygen atoms in total. The van der Waals surface area contributed by atoms with Crippen LogP contribution in [-0.2, 0) is 4.74 Å². The lowest BCUT2D eigenvalue weighted by molar-refractivity contribution is 0.0635. The maximum atomic E-state index is 12.8. The highest BCUT2D eigenvalue weighted by atomic mass is 16.6. The van der Waals surface area contributed by atoms with Gasteiger partial charge in [-0.1, -0.05) is 0 Å². The standard InChI is InChI=1S/C23H29N3O4/c1-23(2,3)30-22(28)24-18-7-5-17(6-8-18)21(27)26-15-13-25(14-16-26)19-9-11-20(29-4)12-10-19/h5-12H,13-16H2,1-4H3,(H,24,28). The van der Waals surface area contributed by atoms with E-state index in [-0.39, 0.29) is 5.91 Å². The number of hydrogen-bond donors (Lipinski definition) is 1. The van der Waals surface area contributed by atoms with E-state index in [0.29, 0.717) is 24.3 Å². The van der Waals surface area contributed by atoms with Gasteiger partial charge in [-0.2, -0.15) is 0 Å². The number of piperazine rings is 1. The SMILES string of the molecule is COc1ccc(N2CCN(C(=O)c3ccc(NC(=O)OC(C)(C)C)cc3)CC2)cc1. The van der Waals surface area contributed by atoms with E-state index in [9.17, 15) is 9.59 Å². The fourth-order valence-electron chi connectivity index (χ4n) is 3.26. The minimum atomic E-state index is -0.562. The first-order chi connectivity index (χ1) is 14.2. The fourth-order valence-corrected chi connectivity index (χ4v) is 3.26. The Balaban J connectivity index is 1.54. The third-order valence-corrected chi connectivity index (χ3v) is 4.78. The maximum Gasteiger partial charge on any atom is 0.412 e. The number of ether oxygens (including phenoxy) is 2. The fraction of sp³-hybridized carbons (Fsp3) is 0.391. The zero-order chi connectivity index (χ0) is 21.7. The van der Waals surface area contributed by atoms with Crippen molar-refractivity contribution in [3.8, 4) is 5.75 Å². The molecule has 0 bridgehead atoms. The summed E-state index contributed by atoms with van der Waals surface area (Å²) in [7, 11) is 1.65. The molecule has 0 aromatic heterocycles. The molecule has 1 N–H and O–H groups in total. The van der Waals surface area contributed by atoms with Gasteiger partial charge in [0.1, 0.15) is 11.4 Å². The van der Waals surface area contributed by atoms with E-state index in [1.807, 2.05) is 49.9 Å². The molecule has 1 aliphatic rings. The lowest BCUT2D eigenvalue weighted by atomic mass is 10.1. The van der Waals surface area contributed by atoms with Crippen LogP contribution in [-0.4, -0.2) is 55.8 Å². The number of carbonyl (C=O) groups is 2. The minimum Gasteiger partial charge on any atom is -0.497 e. The number of carbonyl (C=O) groups excluding carboxylic acids is 2. The summed E-state index contributed by atoms with van der Waals surface area (Å²) in [4.78, 5) is 28.8. The van der Waals surface area contributed by atoms with Crippen molar-refractivity contribution >= 4 is 23.4 Å². The molecule has 2 aromatic carbocycles. The molecule has 0 saturated carbocycles. The minimum absolute atomic E-state index is 0.00630. The van der Waals surface area contributed by atoms with Gasteiger partial charge in [-0.05, 0) is 69.3 Å². The van der Waals surface area contributed by atoms with Crippen LogP contribution in [0.2, 0.25) is 0 Å². The molecule has 160 valence electrons. The highest BCUT2D eigenvalue weighted by molar-refractivity contribution is 5.95. The third-order valence-electron chi connectivity index (χ3n) is 4.78. The average Bonchev–Trinajstić information content (AvgIpc) is 2.72. The Kier molecular flexibility index (Phi) is 6.50. The lowest BCUT2D eigenvalue weighted by Crippen LogP contribution is -2.48. The van der Waals surface area contributed by atoms with E-state index < -0.39 is 11.7 Å². The topological polar surface area (TPSA) is 71.1 Å². The van der Waals surface area contributed by atoms with Crippen LogP contribution in [0.25, 0.3) is 0 Å². The first-order valence-corrected chi connectivity index (χ1v) is 10.0. The van der Waals surface area contributed by atoms with Gasteiger partial charge in [0.05, 0.1) is 7.11 Å². The first-order valence-electron chi connectivity index (χ1n) is 10.0. The number of nitrogens with zero attached hydrogens (tertiary/aromatic N) is 2. The van der Waals surface area contributed by atoms with E-state index in [1.165, 1.54) is 0 Å². The van der Waals surface area contributed by atoms with Crippen LogP contribution in [0, 0.1) is 0 Å². The second-order valence-electron chi connectivity index (χ2n) is 8.18. The Hall–Kier alpha value is -3.22. The maximum absolute atomic E-state index is 12.8. The molecule has 2 amide bonds. The molecule has 1 saturated heterocycles. The quantitative estimate of drug-likeness (QED) is 0.823. The molecule has 2 aromatic rings. The van der Waals surface area contributed by atoms with Gasteiger partial charge in [0, 0.05) is 43.1 Å². The Morgan fingerprint density at radius 1 is 0.900 bits per heavy atom. The van der Waals surface area contributed by atoms with E-state index in [2.05, 4.69) is 10.2 Å². The number of rotatable bonds is 4. The second-order valence-corrected chi connectivity index (χ2v) is 8.18. The summed E-state index contributed by atoms with van der Waals surface area (Å²) in [6.07, 6.45) is -0.517. The molecule has 0 spiro atoms. The van der Waals surface area contributed by atoms with Crippen molar-refractivity contribution in [2.45, 2.75) is 26.4 Å². The van der Waals surface area contributed by atoms with Crippen LogP contribution in [0.4, 0.5) is 16.2 Å².